The number of amides is 2. The molecule has 7 nitrogen and oxygen atoms in total. The zero-order chi connectivity index (χ0) is 14.4. The first-order valence-corrected chi connectivity index (χ1v) is 6.75. The first-order chi connectivity index (χ1) is 9.70. The third kappa shape index (κ3) is 3.74. The van der Waals surface area contributed by atoms with Gasteiger partial charge in [0.1, 0.15) is 5.69 Å². The van der Waals surface area contributed by atoms with Gasteiger partial charge in [-0.05, 0) is 6.92 Å². The van der Waals surface area contributed by atoms with E-state index < -0.39 is 0 Å². The summed E-state index contributed by atoms with van der Waals surface area (Å²) in [6, 6.07) is 0. The van der Waals surface area contributed by atoms with Crippen molar-refractivity contribution in [3.05, 3.63) is 24.3 Å². The molecule has 0 unspecified atom stereocenters. The van der Waals surface area contributed by atoms with Crippen molar-refractivity contribution in [1.82, 2.24) is 25.1 Å². The molecule has 1 aliphatic rings. The fraction of sp³-hybridized carbons (Fsp3) is 0.538. The van der Waals surface area contributed by atoms with Crippen molar-refractivity contribution in [2.75, 3.05) is 39.3 Å². The standard InChI is InChI=1S/C13H19N5O2/c1-2-15-12(19)10-17-5-7-18(8-6-17)13(20)11-9-14-3-4-16-11/h3-4,9H,2,5-8,10H2,1H3,(H,15,19). The number of nitrogens with one attached hydrogen (secondary N) is 1. The zero-order valence-electron chi connectivity index (χ0n) is 11.6. The molecule has 1 N–H and O–H groups in total. The Morgan fingerprint density at radius 2 is 2.00 bits per heavy atom. The van der Waals surface area contributed by atoms with Gasteiger partial charge in [0.15, 0.2) is 0 Å². The van der Waals surface area contributed by atoms with Crippen LogP contribution in [0.3, 0.4) is 0 Å². The van der Waals surface area contributed by atoms with Gasteiger partial charge in [-0.3, -0.25) is 19.5 Å². The van der Waals surface area contributed by atoms with Crippen LogP contribution in [0.4, 0.5) is 0 Å². The molecule has 108 valence electrons. The quantitative estimate of drug-likeness (QED) is 0.793. The molecule has 2 rings (SSSR count). The van der Waals surface area contributed by atoms with E-state index in [0.717, 1.165) is 0 Å². The van der Waals surface area contributed by atoms with Gasteiger partial charge in [0.05, 0.1) is 12.7 Å². The summed E-state index contributed by atoms with van der Waals surface area (Å²) in [5.41, 5.74) is 0.365. The highest BCUT2D eigenvalue weighted by Crippen LogP contribution is 2.05. The van der Waals surface area contributed by atoms with Gasteiger partial charge in [-0.1, -0.05) is 0 Å². The lowest BCUT2D eigenvalue weighted by Gasteiger charge is -2.34. The second kappa shape index (κ2) is 6.95. The topological polar surface area (TPSA) is 78.4 Å². The Morgan fingerprint density at radius 3 is 2.60 bits per heavy atom. The first-order valence-electron chi connectivity index (χ1n) is 6.75. The molecule has 0 aromatic carbocycles. The first kappa shape index (κ1) is 14.4. The molecule has 2 heterocycles. The Kier molecular flexibility index (Phi) is 5.00. The molecule has 1 fully saturated rings. The van der Waals surface area contributed by atoms with Crippen molar-refractivity contribution in [2.45, 2.75) is 6.92 Å². The fourth-order valence-corrected chi connectivity index (χ4v) is 2.14. The number of hydrogen-bond donors (Lipinski definition) is 1. The van der Waals surface area contributed by atoms with Crippen LogP contribution in [0.2, 0.25) is 0 Å². The molecule has 20 heavy (non-hydrogen) atoms. The molecule has 7 heteroatoms. The number of rotatable bonds is 4. The van der Waals surface area contributed by atoms with Crippen LogP contribution in [-0.4, -0.2) is 70.9 Å². The maximum atomic E-state index is 12.2. The number of likely N-dealkylation sites (N-methyl/N-ethyl adjacent to an activating group) is 1. The average molecular weight is 277 g/mol. The molecule has 1 aromatic rings. The van der Waals surface area contributed by atoms with Gasteiger partial charge in [-0.2, -0.15) is 0 Å². The Labute approximate surface area is 118 Å². The number of nitrogens with zero attached hydrogens (tertiary/aromatic N) is 4. The normalized spacial score (nSPS) is 15.9. The van der Waals surface area contributed by atoms with Gasteiger partial charge < -0.3 is 10.2 Å². The van der Waals surface area contributed by atoms with Crippen molar-refractivity contribution < 1.29 is 9.59 Å². The number of carbonyl (C=O) groups excluding carboxylic acids is 2. The monoisotopic (exact) mass is 277 g/mol. The van der Waals surface area contributed by atoms with E-state index in [0.29, 0.717) is 45.0 Å². The minimum Gasteiger partial charge on any atom is -0.355 e. The summed E-state index contributed by atoms with van der Waals surface area (Å²) < 4.78 is 0. The van der Waals surface area contributed by atoms with E-state index in [1.807, 2.05) is 11.8 Å². The fourth-order valence-electron chi connectivity index (χ4n) is 2.14. The Bertz CT molecular complexity index is 457. The van der Waals surface area contributed by atoms with E-state index in [4.69, 9.17) is 0 Å². The van der Waals surface area contributed by atoms with Crippen LogP contribution in [0.5, 0.6) is 0 Å². The summed E-state index contributed by atoms with van der Waals surface area (Å²) in [4.78, 5) is 35.4. The van der Waals surface area contributed by atoms with E-state index in [2.05, 4.69) is 15.3 Å². The van der Waals surface area contributed by atoms with E-state index in [-0.39, 0.29) is 11.8 Å². The average Bonchev–Trinajstić information content (AvgIpc) is 2.48. The van der Waals surface area contributed by atoms with Crippen molar-refractivity contribution in [3.8, 4) is 0 Å². The summed E-state index contributed by atoms with van der Waals surface area (Å²) in [5.74, 6) is -0.0723. The van der Waals surface area contributed by atoms with Gasteiger partial charge in [0.2, 0.25) is 5.91 Å². The number of aromatic nitrogens is 2. The van der Waals surface area contributed by atoms with Crippen LogP contribution >= 0.6 is 0 Å². The van der Waals surface area contributed by atoms with Crippen molar-refractivity contribution in [3.63, 3.8) is 0 Å². The molecular formula is C13H19N5O2. The molecule has 2 amide bonds. The second-order valence-electron chi connectivity index (χ2n) is 4.61. The highest BCUT2D eigenvalue weighted by atomic mass is 16.2. The molecule has 0 atom stereocenters. The molecule has 1 aliphatic heterocycles. The van der Waals surface area contributed by atoms with Gasteiger partial charge in [-0.15, -0.1) is 0 Å². The van der Waals surface area contributed by atoms with E-state index >= 15 is 0 Å². The predicted octanol–water partition coefficient (Wildman–Crippen LogP) is -0.629. The van der Waals surface area contributed by atoms with E-state index in [1.54, 1.807) is 11.1 Å². The van der Waals surface area contributed by atoms with Crippen LogP contribution in [0.1, 0.15) is 17.4 Å². The smallest absolute Gasteiger partial charge is 0.274 e. The molecule has 0 saturated carbocycles. The molecule has 1 aromatic heterocycles. The molecule has 0 bridgehead atoms. The minimum atomic E-state index is -0.101. The van der Waals surface area contributed by atoms with Crippen LogP contribution in [0.25, 0.3) is 0 Å². The third-order valence-electron chi connectivity index (χ3n) is 3.18. The number of piperazine rings is 1. The second-order valence-corrected chi connectivity index (χ2v) is 4.61. The molecule has 0 radical (unpaired) electrons. The lowest BCUT2D eigenvalue weighted by Crippen LogP contribution is -2.51. The van der Waals surface area contributed by atoms with Gasteiger partial charge >= 0.3 is 0 Å². The SMILES string of the molecule is CCNC(=O)CN1CCN(C(=O)c2cnccn2)CC1. The Balaban J connectivity index is 1.82. The van der Waals surface area contributed by atoms with Crippen LogP contribution in [0.15, 0.2) is 18.6 Å². The van der Waals surface area contributed by atoms with Crippen LogP contribution < -0.4 is 5.32 Å². The maximum absolute atomic E-state index is 12.2. The Hall–Kier alpha value is -2.02. The summed E-state index contributed by atoms with van der Waals surface area (Å²) in [6.07, 6.45) is 4.53. The van der Waals surface area contributed by atoms with Crippen LogP contribution in [-0.2, 0) is 4.79 Å². The summed E-state index contributed by atoms with van der Waals surface area (Å²) in [5, 5.41) is 2.77. The van der Waals surface area contributed by atoms with Gasteiger partial charge in [-0.25, -0.2) is 4.98 Å². The lowest BCUT2D eigenvalue weighted by molar-refractivity contribution is -0.122. The van der Waals surface area contributed by atoms with Crippen LogP contribution in [0, 0.1) is 0 Å². The van der Waals surface area contributed by atoms with Crippen molar-refractivity contribution >= 4 is 11.8 Å². The molecule has 1 saturated heterocycles. The van der Waals surface area contributed by atoms with E-state index in [9.17, 15) is 9.59 Å². The van der Waals surface area contributed by atoms with Gasteiger partial charge in [0, 0.05) is 45.1 Å². The summed E-state index contributed by atoms with van der Waals surface area (Å²) in [7, 11) is 0. The third-order valence-corrected chi connectivity index (χ3v) is 3.18. The highest BCUT2D eigenvalue weighted by molar-refractivity contribution is 5.92. The number of carbonyl (C=O) groups is 2. The van der Waals surface area contributed by atoms with Gasteiger partial charge in [0.25, 0.3) is 5.91 Å². The summed E-state index contributed by atoms with van der Waals surface area (Å²) in [6.45, 7) is 5.54. The largest absolute Gasteiger partial charge is 0.355 e. The Morgan fingerprint density at radius 1 is 1.25 bits per heavy atom. The highest BCUT2D eigenvalue weighted by Gasteiger charge is 2.23. The van der Waals surface area contributed by atoms with Crippen molar-refractivity contribution in [1.29, 1.82) is 0 Å². The minimum absolute atomic E-state index is 0.0289. The number of hydrogen-bond acceptors (Lipinski definition) is 5. The maximum Gasteiger partial charge on any atom is 0.274 e. The van der Waals surface area contributed by atoms with Crippen molar-refractivity contribution in [2.24, 2.45) is 0 Å². The zero-order valence-corrected chi connectivity index (χ0v) is 11.6. The molecule has 0 aliphatic carbocycles. The molecular weight excluding hydrogens is 258 g/mol. The summed E-state index contributed by atoms with van der Waals surface area (Å²) >= 11 is 0. The predicted molar refractivity (Wildman–Crippen MR) is 73.1 cm³/mol. The van der Waals surface area contributed by atoms with E-state index in [1.165, 1.54) is 12.4 Å². The molecule has 0 spiro atoms. The lowest BCUT2D eigenvalue weighted by atomic mass is 10.2.